The van der Waals surface area contributed by atoms with E-state index in [0.29, 0.717) is 5.82 Å². The summed E-state index contributed by atoms with van der Waals surface area (Å²) in [6.45, 7) is 12.5. The lowest BCUT2D eigenvalue weighted by atomic mass is 9.95. The van der Waals surface area contributed by atoms with E-state index in [1.54, 1.807) is 0 Å². The Hall–Kier alpha value is -1.90. The van der Waals surface area contributed by atoms with E-state index < -0.39 is 0 Å². The van der Waals surface area contributed by atoms with Gasteiger partial charge in [-0.3, -0.25) is 0 Å². The van der Waals surface area contributed by atoms with Gasteiger partial charge >= 0.3 is 0 Å². The SMILES string of the molecule is Cc1cc(C)c(-c2nc(C(C)C)nc(N)c2C)c(C)c1. The summed E-state index contributed by atoms with van der Waals surface area (Å²) in [5.41, 5.74) is 12.9. The Labute approximate surface area is 121 Å². The highest BCUT2D eigenvalue weighted by atomic mass is 15.0. The van der Waals surface area contributed by atoms with Crippen LogP contribution in [0.3, 0.4) is 0 Å². The van der Waals surface area contributed by atoms with Crippen LogP contribution in [0.2, 0.25) is 0 Å². The van der Waals surface area contributed by atoms with Gasteiger partial charge in [0.05, 0.1) is 5.69 Å². The molecule has 1 aromatic carbocycles. The van der Waals surface area contributed by atoms with E-state index >= 15 is 0 Å². The number of hydrogen-bond donors (Lipinski definition) is 1. The topological polar surface area (TPSA) is 51.8 Å². The molecule has 0 saturated heterocycles. The fraction of sp³-hybridized carbons (Fsp3) is 0.412. The van der Waals surface area contributed by atoms with Gasteiger partial charge in [0.1, 0.15) is 11.6 Å². The molecular formula is C17H23N3. The second kappa shape index (κ2) is 5.23. The number of benzene rings is 1. The summed E-state index contributed by atoms with van der Waals surface area (Å²) < 4.78 is 0. The van der Waals surface area contributed by atoms with Crippen molar-refractivity contribution in [1.82, 2.24) is 9.97 Å². The van der Waals surface area contributed by atoms with Crippen molar-refractivity contribution >= 4 is 5.82 Å². The molecule has 1 heterocycles. The molecule has 2 rings (SSSR count). The van der Waals surface area contributed by atoms with E-state index in [1.165, 1.54) is 22.3 Å². The van der Waals surface area contributed by atoms with Crippen LogP contribution in [0.4, 0.5) is 5.82 Å². The van der Waals surface area contributed by atoms with Gasteiger partial charge in [0.25, 0.3) is 0 Å². The van der Waals surface area contributed by atoms with Crippen LogP contribution >= 0.6 is 0 Å². The smallest absolute Gasteiger partial charge is 0.133 e. The molecule has 0 fully saturated rings. The average Bonchev–Trinajstić information content (AvgIpc) is 2.32. The molecule has 2 aromatic rings. The molecule has 3 nitrogen and oxygen atoms in total. The van der Waals surface area contributed by atoms with Crippen LogP contribution in [0.1, 0.15) is 47.8 Å². The lowest BCUT2D eigenvalue weighted by molar-refractivity contribution is 0.776. The van der Waals surface area contributed by atoms with Crippen molar-refractivity contribution in [2.24, 2.45) is 0 Å². The van der Waals surface area contributed by atoms with Crippen molar-refractivity contribution in [2.75, 3.05) is 5.73 Å². The van der Waals surface area contributed by atoms with E-state index in [9.17, 15) is 0 Å². The number of nitrogens with two attached hydrogens (primary N) is 1. The van der Waals surface area contributed by atoms with Gasteiger partial charge in [-0.1, -0.05) is 31.5 Å². The molecule has 0 aliphatic carbocycles. The molecule has 106 valence electrons. The molecular weight excluding hydrogens is 246 g/mol. The van der Waals surface area contributed by atoms with E-state index in [-0.39, 0.29) is 5.92 Å². The van der Waals surface area contributed by atoms with Gasteiger partial charge in [0.15, 0.2) is 0 Å². The summed E-state index contributed by atoms with van der Waals surface area (Å²) in [6.07, 6.45) is 0. The van der Waals surface area contributed by atoms with Gasteiger partial charge in [-0.05, 0) is 38.8 Å². The summed E-state index contributed by atoms with van der Waals surface area (Å²) in [7, 11) is 0. The molecule has 1 aromatic heterocycles. The number of nitrogens with zero attached hydrogens (tertiary/aromatic N) is 2. The minimum Gasteiger partial charge on any atom is -0.383 e. The number of aryl methyl sites for hydroxylation is 3. The molecule has 0 saturated carbocycles. The van der Waals surface area contributed by atoms with E-state index in [4.69, 9.17) is 10.7 Å². The Morgan fingerprint density at radius 1 is 0.950 bits per heavy atom. The van der Waals surface area contributed by atoms with Crippen LogP contribution in [0.5, 0.6) is 0 Å². The van der Waals surface area contributed by atoms with Gasteiger partial charge in [-0.2, -0.15) is 0 Å². The fourth-order valence-electron chi connectivity index (χ4n) is 2.61. The third kappa shape index (κ3) is 2.53. The summed E-state index contributed by atoms with van der Waals surface area (Å²) in [6, 6.07) is 4.38. The zero-order valence-corrected chi connectivity index (χ0v) is 13.2. The van der Waals surface area contributed by atoms with Crippen molar-refractivity contribution in [3.05, 3.63) is 40.2 Å². The van der Waals surface area contributed by atoms with Crippen LogP contribution < -0.4 is 5.73 Å². The molecule has 3 heteroatoms. The van der Waals surface area contributed by atoms with Gasteiger partial charge in [0.2, 0.25) is 0 Å². The molecule has 0 bridgehead atoms. The molecule has 0 unspecified atom stereocenters. The molecule has 0 spiro atoms. The molecule has 0 atom stereocenters. The van der Waals surface area contributed by atoms with Crippen molar-refractivity contribution in [2.45, 2.75) is 47.5 Å². The van der Waals surface area contributed by atoms with Crippen molar-refractivity contribution < 1.29 is 0 Å². The molecule has 20 heavy (non-hydrogen) atoms. The summed E-state index contributed by atoms with van der Waals surface area (Å²) in [5, 5.41) is 0. The molecule has 0 aliphatic heterocycles. The number of rotatable bonds is 2. The number of anilines is 1. The third-order valence-electron chi connectivity index (χ3n) is 3.63. The molecule has 0 radical (unpaired) electrons. The Bertz CT molecular complexity index is 635. The Kier molecular flexibility index (Phi) is 3.80. The van der Waals surface area contributed by atoms with E-state index in [0.717, 1.165) is 17.1 Å². The largest absolute Gasteiger partial charge is 0.383 e. The summed E-state index contributed by atoms with van der Waals surface area (Å²) >= 11 is 0. The predicted molar refractivity (Wildman–Crippen MR) is 84.9 cm³/mol. The first kappa shape index (κ1) is 14.5. The van der Waals surface area contributed by atoms with Crippen LogP contribution in [0.15, 0.2) is 12.1 Å². The fourth-order valence-corrected chi connectivity index (χ4v) is 2.61. The Balaban J connectivity index is 2.76. The third-order valence-corrected chi connectivity index (χ3v) is 3.63. The Morgan fingerprint density at radius 2 is 1.50 bits per heavy atom. The van der Waals surface area contributed by atoms with Gasteiger partial charge < -0.3 is 5.73 Å². The van der Waals surface area contributed by atoms with Crippen LogP contribution in [-0.4, -0.2) is 9.97 Å². The predicted octanol–water partition coefficient (Wildman–Crippen LogP) is 4.08. The maximum atomic E-state index is 6.08. The van der Waals surface area contributed by atoms with E-state index in [2.05, 4.69) is 51.7 Å². The zero-order chi connectivity index (χ0) is 15.0. The maximum absolute atomic E-state index is 6.08. The van der Waals surface area contributed by atoms with Gasteiger partial charge in [-0.15, -0.1) is 0 Å². The number of hydrogen-bond acceptors (Lipinski definition) is 3. The molecule has 2 N–H and O–H groups in total. The minimum absolute atomic E-state index is 0.266. The molecule has 0 aliphatic rings. The first-order valence-corrected chi connectivity index (χ1v) is 7.03. The highest BCUT2D eigenvalue weighted by molar-refractivity contribution is 5.73. The first-order valence-electron chi connectivity index (χ1n) is 7.03. The van der Waals surface area contributed by atoms with Gasteiger partial charge in [0, 0.05) is 17.0 Å². The zero-order valence-electron chi connectivity index (χ0n) is 13.2. The van der Waals surface area contributed by atoms with E-state index in [1.807, 2.05) is 6.92 Å². The highest BCUT2D eigenvalue weighted by Gasteiger charge is 2.16. The maximum Gasteiger partial charge on any atom is 0.133 e. The summed E-state index contributed by atoms with van der Waals surface area (Å²) in [5.74, 6) is 1.66. The van der Waals surface area contributed by atoms with Crippen molar-refractivity contribution in [3.63, 3.8) is 0 Å². The number of aromatic nitrogens is 2. The number of nitrogen functional groups attached to an aromatic ring is 1. The second-order valence-corrected chi connectivity index (χ2v) is 5.87. The van der Waals surface area contributed by atoms with Crippen LogP contribution in [0, 0.1) is 27.7 Å². The second-order valence-electron chi connectivity index (χ2n) is 5.87. The average molecular weight is 269 g/mol. The quantitative estimate of drug-likeness (QED) is 0.893. The highest BCUT2D eigenvalue weighted by Crippen LogP contribution is 2.32. The lowest BCUT2D eigenvalue weighted by Crippen LogP contribution is -2.07. The minimum atomic E-state index is 0.266. The standard InChI is InChI=1S/C17H23N3/c1-9(2)17-19-15(13(6)16(18)20-17)14-11(4)7-10(3)8-12(14)5/h7-9H,1-6H3,(H2,18,19,20). The molecule has 0 amide bonds. The lowest BCUT2D eigenvalue weighted by Gasteiger charge is -2.16. The Morgan fingerprint density at radius 3 is 2.00 bits per heavy atom. The monoisotopic (exact) mass is 269 g/mol. The summed E-state index contributed by atoms with van der Waals surface area (Å²) in [4.78, 5) is 9.17. The van der Waals surface area contributed by atoms with Crippen LogP contribution in [0.25, 0.3) is 11.3 Å². The van der Waals surface area contributed by atoms with Gasteiger partial charge in [-0.25, -0.2) is 9.97 Å². The van der Waals surface area contributed by atoms with Crippen LogP contribution in [-0.2, 0) is 0 Å². The van der Waals surface area contributed by atoms with Crippen molar-refractivity contribution in [3.8, 4) is 11.3 Å². The first-order chi connectivity index (χ1) is 9.31. The van der Waals surface area contributed by atoms with Crippen molar-refractivity contribution in [1.29, 1.82) is 0 Å². The normalized spacial score (nSPS) is 11.2.